The number of alkyl halides is 3. The average molecular weight is 325 g/mol. The van der Waals surface area contributed by atoms with Crippen molar-refractivity contribution in [2.24, 2.45) is 0 Å². The zero-order valence-corrected chi connectivity index (χ0v) is 12.3. The molecule has 1 heterocycles. The zero-order chi connectivity index (χ0) is 15.6. The molecule has 1 aliphatic heterocycles. The maximum Gasteiger partial charge on any atom is 0.444 e. The van der Waals surface area contributed by atoms with Gasteiger partial charge in [0.1, 0.15) is 5.44 Å². The van der Waals surface area contributed by atoms with Crippen LogP contribution < -0.4 is 5.06 Å². The van der Waals surface area contributed by atoms with Crippen LogP contribution in [0.3, 0.4) is 0 Å². The van der Waals surface area contributed by atoms with E-state index in [1.54, 1.807) is 5.06 Å². The predicted molar refractivity (Wildman–Crippen MR) is 81.2 cm³/mol. The number of benzene rings is 2. The molecule has 1 fully saturated rings. The molecule has 2 unspecified atom stereocenters. The number of thioether (sulfide) groups is 1. The molecule has 2 aromatic rings. The second-order valence-corrected chi connectivity index (χ2v) is 6.15. The fourth-order valence-corrected chi connectivity index (χ4v) is 3.21. The lowest BCUT2D eigenvalue weighted by Gasteiger charge is -2.25. The Morgan fingerprint density at radius 2 is 1.55 bits per heavy atom. The van der Waals surface area contributed by atoms with E-state index in [1.807, 2.05) is 60.7 Å². The van der Waals surface area contributed by atoms with Gasteiger partial charge in [0, 0.05) is 6.42 Å². The normalized spacial score (nSPS) is 22.0. The summed E-state index contributed by atoms with van der Waals surface area (Å²) in [6.45, 7) is 0. The van der Waals surface area contributed by atoms with Gasteiger partial charge in [-0.15, -0.1) is 0 Å². The molecule has 116 valence electrons. The smallest absolute Gasteiger partial charge is 0.258 e. The van der Waals surface area contributed by atoms with Gasteiger partial charge in [-0.3, -0.25) is 4.84 Å². The van der Waals surface area contributed by atoms with Crippen molar-refractivity contribution >= 4 is 17.4 Å². The summed E-state index contributed by atoms with van der Waals surface area (Å²) in [7, 11) is 0. The van der Waals surface area contributed by atoms with E-state index >= 15 is 0 Å². The Balaban J connectivity index is 1.87. The molecule has 2 atom stereocenters. The van der Waals surface area contributed by atoms with Crippen LogP contribution in [-0.4, -0.2) is 10.9 Å². The first-order valence-electron chi connectivity index (χ1n) is 6.83. The molecule has 22 heavy (non-hydrogen) atoms. The van der Waals surface area contributed by atoms with Crippen LogP contribution in [0.5, 0.6) is 0 Å². The maximum absolute atomic E-state index is 12.6. The molecule has 6 heteroatoms. The molecule has 0 saturated carbocycles. The highest BCUT2D eigenvalue weighted by atomic mass is 32.2. The molecule has 0 radical (unpaired) electrons. The van der Waals surface area contributed by atoms with E-state index < -0.39 is 10.9 Å². The first-order valence-corrected chi connectivity index (χ1v) is 7.71. The van der Waals surface area contributed by atoms with E-state index in [0.29, 0.717) is 0 Å². The number of nitrogens with zero attached hydrogens (tertiary/aromatic N) is 1. The predicted octanol–water partition coefficient (Wildman–Crippen LogP) is 5.15. The molecule has 1 aliphatic rings. The largest absolute Gasteiger partial charge is 0.444 e. The van der Waals surface area contributed by atoms with E-state index in [1.165, 1.54) is 0 Å². The number of rotatable bonds is 3. The molecule has 0 bridgehead atoms. The highest BCUT2D eigenvalue weighted by Gasteiger charge is 2.42. The van der Waals surface area contributed by atoms with Crippen molar-refractivity contribution in [2.75, 3.05) is 5.06 Å². The molecule has 0 aliphatic carbocycles. The van der Waals surface area contributed by atoms with Crippen LogP contribution in [0.25, 0.3) is 0 Å². The number of para-hydroxylation sites is 1. The fourth-order valence-electron chi connectivity index (χ4n) is 2.50. The Hall–Kier alpha value is -1.66. The highest BCUT2D eigenvalue weighted by molar-refractivity contribution is 8.00. The summed E-state index contributed by atoms with van der Waals surface area (Å²) in [5.74, 6) is 0. The Kier molecular flexibility index (Phi) is 4.31. The van der Waals surface area contributed by atoms with Crippen LogP contribution in [0.15, 0.2) is 60.7 Å². The molecule has 2 nitrogen and oxygen atoms in total. The SMILES string of the molecule is FC(F)(F)SC1CC(c2ccccc2)N(c2ccccc2)O1. The van der Waals surface area contributed by atoms with Gasteiger partial charge in [-0.2, -0.15) is 13.2 Å². The standard InChI is InChI=1S/C16H14F3NOS/c17-16(18,19)22-15-11-14(12-7-3-1-4-8-12)20(21-15)13-9-5-2-6-10-13/h1-10,14-15H,11H2. The van der Waals surface area contributed by atoms with Gasteiger partial charge in [-0.05, 0) is 29.5 Å². The molecule has 0 spiro atoms. The minimum absolute atomic E-state index is 0.103. The maximum atomic E-state index is 12.6. The van der Waals surface area contributed by atoms with Crippen LogP contribution in [0.1, 0.15) is 18.0 Å². The lowest BCUT2D eigenvalue weighted by Crippen LogP contribution is -2.22. The molecular formula is C16H14F3NOS. The molecular weight excluding hydrogens is 311 g/mol. The Morgan fingerprint density at radius 1 is 0.955 bits per heavy atom. The minimum Gasteiger partial charge on any atom is -0.258 e. The van der Waals surface area contributed by atoms with Gasteiger partial charge in [0.05, 0.1) is 11.7 Å². The van der Waals surface area contributed by atoms with E-state index in [9.17, 15) is 13.2 Å². The van der Waals surface area contributed by atoms with E-state index in [2.05, 4.69) is 0 Å². The van der Waals surface area contributed by atoms with Crippen molar-refractivity contribution in [1.29, 1.82) is 0 Å². The van der Waals surface area contributed by atoms with Crippen molar-refractivity contribution in [3.05, 3.63) is 66.2 Å². The van der Waals surface area contributed by atoms with Crippen molar-refractivity contribution in [2.45, 2.75) is 23.4 Å². The summed E-state index contributed by atoms with van der Waals surface area (Å²) in [5, 5.41) is 1.58. The molecule has 0 N–H and O–H groups in total. The summed E-state index contributed by atoms with van der Waals surface area (Å²) in [4.78, 5) is 5.57. The number of halogens is 3. The third-order valence-electron chi connectivity index (χ3n) is 3.39. The second kappa shape index (κ2) is 6.22. The Bertz CT molecular complexity index is 558. The summed E-state index contributed by atoms with van der Waals surface area (Å²) in [6.07, 6.45) is 0.281. The molecule has 1 saturated heterocycles. The number of anilines is 1. The van der Waals surface area contributed by atoms with Gasteiger partial charge in [0.2, 0.25) is 0 Å². The second-order valence-electron chi connectivity index (χ2n) is 4.92. The fraction of sp³-hybridized carbons (Fsp3) is 0.250. The molecule has 3 rings (SSSR count). The summed E-state index contributed by atoms with van der Waals surface area (Å²) >= 11 is -0.103. The van der Waals surface area contributed by atoms with Crippen molar-refractivity contribution in [3.63, 3.8) is 0 Å². The first kappa shape index (κ1) is 15.2. The van der Waals surface area contributed by atoms with Crippen molar-refractivity contribution in [1.82, 2.24) is 0 Å². The summed E-state index contributed by atoms with van der Waals surface area (Å²) < 4.78 is 37.9. The van der Waals surface area contributed by atoms with E-state index in [4.69, 9.17) is 4.84 Å². The number of hydrogen-bond acceptors (Lipinski definition) is 3. The topological polar surface area (TPSA) is 12.5 Å². The third kappa shape index (κ3) is 3.56. The van der Waals surface area contributed by atoms with Crippen molar-refractivity contribution in [3.8, 4) is 0 Å². The van der Waals surface area contributed by atoms with Crippen LogP contribution in [-0.2, 0) is 4.84 Å². The summed E-state index contributed by atoms with van der Waals surface area (Å²) in [5.41, 5.74) is -3.55. The van der Waals surface area contributed by atoms with Crippen molar-refractivity contribution < 1.29 is 18.0 Å². The molecule has 2 aromatic carbocycles. The van der Waals surface area contributed by atoms with Gasteiger partial charge in [0.25, 0.3) is 0 Å². The lowest BCUT2D eigenvalue weighted by molar-refractivity contribution is -0.0362. The minimum atomic E-state index is -4.31. The van der Waals surface area contributed by atoms with Gasteiger partial charge in [-0.25, -0.2) is 5.06 Å². The lowest BCUT2D eigenvalue weighted by atomic mass is 10.0. The average Bonchev–Trinajstić information content (AvgIpc) is 2.91. The van der Waals surface area contributed by atoms with Gasteiger partial charge >= 0.3 is 5.51 Å². The van der Waals surface area contributed by atoms with E-state index in [-0.39, 0.29) is 24.2 Å². The van der Waals surface area contributed by atoms with Crippen LogP contribution >= 0.6 is 11.8 Å². The monoisotopic (exact) mass is 325 g/mol. The Morgan fingerprint density at radius 3 is 2.14 bits per heavy atom. The highest BCUT2D eigenvalue weighted by Crippen LogP contribution is 2.46. The zero-order valence-electron chi connectivity index (χ0n) is 11.5. The van der Waals surface area contributed by atoms with Gasteiger partial charge in [0.15, 0.2) is 0 Å². The Labute approximate surface area is 130 Å². The van der Waals surface area contributed by atoms with Gasteiger partial charge in [-0.1, -0.05) is 48.5 Å². The molecule has 0 amide bonds. The van der Waals surface area contributed by atoms with Gasteiger partial charge < -0.3 is 0 Å². The van der Waals surface area contributed by atoms with Crippen LogP contribution in [0.4, 0.5) is 18.9 Å². The van der Waals surface area contributed by atoms with Crippen LogP contribution in [0, 0.1) is 0 Å². The quantitative estimate of drug-likeness (QED) is 0.774. The van der Waals surface area contributed by atoms with Crippen LogP contribution in [0.2, 0.25) is 0 Å². The molecule has 0 aromatic heterocycles. The third-order valence-corrected chi connectivity index (χ3v) is 4.20. The van der Waals surface area contributed by atoms with E-state index in [0.717, 1.165) is 11.3 Å². The number of hydroxylamine groups is 1. The number of hydrogen-bond donors (Lipinski definition) is 0. The first-order chi connectivity index (χ1) is 10.5. The summed E-state index contributed by atoms with van der Waals surface area (Å²) in [6, 6.07) is 18.4.